The van der Waals surface area contributed by atoms with Gasteiger partial charge in [0.2, 0.25) is 0 Å². The van der Waals surface area contributed by atoms with Crippen molar-refractivity contribution in [1.29, 1.82) is 0 Å². The van der Waals surface area contributed by atoms with E-state index in [2.05, 4.69) is 75.7 Å². The van der Waals surface area contributed by atoms with Crippen molar-refractivity contribution >= 4 is 10.9 Å². The molecule has 0 saturated heterocycles. The highest BCUT2D eigenvalue weighted by Crippen LogP contribution is 2.27. The van der Waals surface area contributed by atoms with Crippen LogP contribution in [0.1, 0.15) is 53.0 Å². The van der Waals surface area contributed by atoms with Gasteiger partial charge >= 0.3 is 0 Å². The molecule has 1 atom stereocenters. The molecule has 0 aliphatic carbocycles. The fourth-order valence-corrected chi connectivity index (χ4v) is 4.97. The van der Waals surface area contributed by atoms with Gasteiger partial charge in [0.25, 0.3) is 5.56 Å². The van der Waals surface area contributed by atoms with Gasteiger partial charge in [0.15, 0.2) is 5.82 Å². The molecule has 1 N–H and O–H groups in total. The number of nitrogens with one attached hydrogen (secondary N) is 1. The highest BCUT2D eigenvalue weighted by Gasteiger charge is 2.26. The Hall–Kier alpha value is -4.10. The van der Waals surface area contributed by atoms with E-state index in [0.717, 1.165) is 45.4 Å². The van der Waals surface area contributed by atoms with E-state index >= 15 is 0 Å². The first-order valence-corrected chi connectivity index (χ1v) is 12.7. The third-order valence-electron chi connectivity index (χ3n) is 6.98. The molecule has 2 aromatic heterocycles. The van der Waals surface area contributed by atoms with E-state index in [-0.39, 0.29) is 11.6 Å². The molecule has 0 radical (unpaired) electrons. The topological polar surface area (TPSA) is 79.7 Å². The predicted octanol–water partition coefficient (Wildman–Crippen LogP) is 5.33. The standard InChI is InChI=1S/C30H32N6O/c1-4-27(29-32-33-34-36(29)19-24-13-9-6-10-14-24)35(18-23-11-7-5-8-12-23)20-25-17-26-21(2)15-16-22(3)28(26)31-30(25)37/h5-17,27H,4,18-20H2,1-3H3,(H,31,37). The summed E-state index contributed by atoms with van der Waals surface area (Å²) in [7, 11) is 0. The van der Waals surface area contributed by atoms with E-state index < -0.39 is 0 Å². The number of benzene rings is 3. The number of hydrogen-bond acceptors (Lipinski definition) is 5. The lowest BCUT2D eigenvalue weighted by atomic mass is 10.0. The van der Waals surface area contributed by atoms with Crippen LogP contribution in [-0.2, 0) is 19.6 Å². The molecule has 0 fully saturated rings. The average molecular weight is 493 g/mol. The van der Waals surface area contributed by atoms with Crippen LogP contribution in [0.5, 0.6) is 0 Å². The summed E-state index contributed by atoms with van der Waals surface area (Å²) >= 11 is 0. The van der Waals surface area contributed by atoms with Crippen molar-refractivity contribution in [2.24, 2.45) is 0 Å². The number of aryl methyl sites for hydroxylation is 2. The average Bonchev–Trinajstić information content (AvgIpc) is 3.36. The van der Waals surface area contributed by atoms with Gasteiger partial charge in [0, 0.05) is 24.0 Å². The first-order chi connectivity index (χ1) is 18.0. The lowest BCUT2D eigenvalue weighted by Gasteiger charge is -2.30. The van der Waals surface area contributed by atoms with Gasteiger partial charge < -0.3 is 4.98 Å². The van der Waals surface area contributed by atoms with Crippen LogP contribution >= 0.6 is 0 Å². The van der Waals surface area contributed by atoms with E-state index in [1.165, 1.54) is 5.56 Å². The van der Waals surface area contributed by atoms with Crippen molar-refractivity contribution in [3.8, 4) is 0 Å². The number of nitrogens with zero attached hydrogens (tertiary/aromatic N) is 5. The maximum atomic E-state index is 13.3. The predicted molar refractivity (Wildman–Crippen MR) is 146 cm³/mol. The Morgan fingerprint density at radius 1 is 0.892 bits per heavy atom. The van der Waals surface area contributed by atoms with Gasteiger partial charge in [-0.2, -0.15) is 0 Å². The molecule has 188 valence electrons. The molecule has 0 aliphatic heterocycles. The third-order valence-corrected chi connectivity index (χ3v) is 6.98. The SMILES string of the molecule is CCC(c1nnnn1Cc1ccccc1)N(Cc1ccccc1)Cc1cc2c(C)ccc(C)c2[nH]c1=O. The van der Waals surface area contributed by atoms with Gasteiger partial charge in [-0.3, -0.25) is 9.69 Å². The molecule has 0 spiro atoms. The van der Waals surface area contributed by atoms with Gasteiger partial charge in [-0.05, 0) is 59.0 Å². The summed E-state index contributed by atoms with van der Waals surface area (Å²) in [6.07, 6.45) is 0.797. The number of rotatable bonds is 9. The van der Waals surface area contributed by atoms with Gasteiger partial charge in [-0.25, -0.2) is 4.68 Å². The van der Waals surface area contributed by atoms with Crippen LogP contribution in [0.25, 0.3) is 10.9 Å². The maximum absolute atomic E-state index is 13.3. The zero-order valence-corrected chi connectivity index (χ0v) is 21.6. The maximum Gasteiger partial charge on any atom is 0.252 e. The summed E-state index contributed by atoms with van der Waals surface area (Å²) in [5.74, 6) is 0.798. The normalized spacial score (nSPS) is 12.3. The fraction of sp³-hybridized carbons (Fsp3) is 0.267. The molecule has 5 aromatic rings. The molecule has 3 aromatic carbocycles. The number of tetrazole rings is 1. The van der Waals surface area contributed by atoms with E-state index in [4.69, 9.17) is 0 Å². The Balaban J connectivity index is 1.54. The number of aromatic amines is 1. The molecular formula is C30H32N6O. The van der Waals surface area contributed by atoms with Crippen LogP contribution in [0.4, 0.5) is 0 Å². The van der Waals surface area contributed by atoms with E-state index in [0.29, 0.717) is 19.6 Å². The Morgan fingerprint density at radius 2 is 1.57 bits per heavy atom. The van der Waals surface area contributed by atoms with Crippen molar-refractivity contribution in [2.45, 2.75) is 52.9 Å². The van der Waals surface area contributed by atoms with E-state index in [1.807, 2.05) is 54.1 Å². The molecule has 0 amide bonds. The Morgan fingerprint density at radius 3 is 2.27 bits per heavy atom. The highest BCUT2D eigenvalue weighted by atomic mass is 16.1. The van der Waals surface area contributed by atoms with Crippen molar-refractivity contribution < 1.29 is 0 Å². The third kappa shape index (κ3) is 5.37. The summed E-state index contributed by atoms with van der Waals surface area (Å²) in [4.78, 5) is 18.7. The van der Waals surface area contributed by atoms with Crippen molar-refractivity contribution in [3.63, 3.8) is 0 Å². The molecule has 1 unspecified atom stereocenters. The van der Waals surface area contributed by atoms with Crippen LogP contribution in [0.3, 0.4) is 0 Å². The minimum absolute atomic E-state index is 0.0574. The molecule has 0 saturated carbocycles. The zero-order chi connectivity index (χ0) is 25.8. The summed E-state index contributed by atoms with van der Waals surface area (Å²) in [5, 5.41) is 13.9. The molecule has 2 heterocycles. The monoisotopic (exact) mass is 492 g/mol. The fourth-order valence-electron chi connectivity index (χ4n) is 4.97. The van der Waals surface area contributed by atoms with Crippen LogP contribution in [0.2, 0.25) is 0 Å². The van der Waals surface area contributed by atoms with E-state index in [1.54, 1.807) is 0 Å². The molecule has 0 aliphatic rings. The smallest absolute Gasteiger partial charge is 0.252 e. The summed E-state index contributed by atoms with van der Waals surface area (Å²) in [6, 6.07) is 26.7. The van der Waals surface area contributed by atoms with Crippen molar-refractivity contribution in [3.05, 3.63) is 123 Å². The van der Waals surface area contributed by atoms with Crippen LogP contribution in [0, 0.1) is 13.8 Å². The largest absolute Gasteiger partial charge is 0.321 e. The molecule has 37 heavy (non-hydrogen) atoms. The first kappa shape index (κ1) is 24.6. The lowest BCUT2D eigenvalue weighted by molar-refractivity contribution is 0.161. The molecule has 0 bridgehead atoms. The lowest BCUT2D eigenvalue weighted by Crippen LogP contribution is -2.32. The van der Waals surface area contributed by atoms with Crippen molar-refractivity contribution in [1.82, 2.24) is 30.1 Å². The van der Waals surface area contributed by atoms with Gasteiger partial charge in [-0.1, -0.05) is 79.7 Å². The van der Waals surface area contributed by atoms with Crippen LogP contribution in [0.15, 0.2) is 83.7 Å². The summed E-state index contributed by atoms with van der Waals surface area (Å²) < 4.78 is 1.87. The molecular weight excluding hydrogens is 460 g/mol. The second kappa shape index (κ2) is 10.9. The summed E-state index contributed by atoms with van der Waals surface area (Å²) in [6.45, 7) is 7.99. The summed E-state index contributed by atoms with van der Waals surface area (Å²) in [5.41, 5.74) is 6.10. The van der Waals surface area contributed by atoms with Crippen molar-refractivity contribution in [2.75, 3.05) is 0 Å². The molecule has 5 rings (SSSR count). The van der Waals surface area contributed by atoms with Gasteiger partial charge in [0.05, 0.1) is 18.1 Å². The second-order valence-corrected chi connectivity index (χ2v) is 9.61. The Labute approximate surface area is 216 Å². The second-order valence-electron chi connectivity index (χ2n) is 9.61. The zero-order valence-electron chi connectivity index (χ0n) is 21.6. The van der Waals surface area contributed by atoms with Crippen LogP contribution in [-0.4, -0.2) is 30.1 Å². The Kier molecular flexibility index (Phi) is 7.23. The number of pyridine rings is 1. The van der Waals surface area contributed by atoms with Crippen LogP contribution < -0.4 is 5.56 Å². The number of aromatic nitrogens is 5. The highest BCUT2D eigenvalue weighted by molar-refractivity contribution is 5.85. The van der Waals surface area contributed by atoms with Gasteiger partial charge in [0.1, 0.15) is 0 Å². The number of hydrogen-bond donors (Lipinski definition) is 1. The van der Waals surface area contributed by atoms with E-state index in [9.17, 15) is 4.79 Å². The minimum atomic E-state index is -0.0763. The number of fused-ring (bicyclic) bond motifs is 1. The quantitative estimate of drug-likeness (QED) is 0.301. The minimum Gasteiger partial charge on any atom is -0.321 e. The Bertz CT molecular complexity index is 1540. The number of H-pyrrole nitrogens is 1. The molecule has 7 heteroatoms. The molecule has 7 nitrogen and oxygen atoms in total. The first-order valence-electron chi connectivity index (χ1n) is 12.7. The van der Waals surface area contributed by atoms with Gasteiger partial charge in [-0.15, -0.1) is 5.10 Å².